The standard InChI is InChI=1S/C23H18ClNO6/c1-13-8-17(14(2)25(13)11-16-4-3-7-29-16)20(27)12-30-23(28)22-10-19(26)18-9-15(24)5-6-21(18)31-22/h3-10H,11-12H2,1-2H3. The quantitative estimate of drug-likeness (QED) is 0.323. The Morgan fingerprint density at radius 2 is 1.94 bits per heavy atom. The molecule has 0 saturated carbocycles. The topological polar surface area (TPSA) is 91.7 Å². The summed E-state index contributed by atoms with van der Waals surface area (Å²) in [5.74, 6) is -0.774. The number of hydrogen-bond donors (Lipinski definition) is 0. The van der Waals surface area contributed by atoms with Crippen LogP contribution in [0, 0.1) is 13.8 Å². The lowest BCUT2D eigenvalue weighted by molar-refractivity contribution is 0.0444. The Morgan fingerprint density at radius 3 is 2.68 bits per heavy atom. The van der Waals surface area contributed by atoms with Gasteiger partial charge in [0, 0.05) is 28.0 Å². The molecule has 0 N–H and O–H groups in total. The van der Waals surface area contributed by atoms with Crippen LogP contribution >= 0.6 is 11.6 Å². The molecule has 0 saturated heterocycles. The molecule has 0 unspecified atom stereocenters. The van der Waals surface area contributed by atoms with Crippen molar-refractivity contribution in [2.24, 2.45) is 0 Å². The van der Waals surface area contributed by atoms with E-state index in [1.54, 1.807) is 24.5 Å². The summed E-state index contributed by atoms with van der Waals surface area (Å²) in [6.45, 7) is 3.71. The van der Waals surface area contributed by atoms with Gasteiger partial charge in [-0.1, -0.05) is 11.6 Å². The molecule has 0 amide bonds. The predicted octanol–water partition coefficient (Wildman–Crippen LogP) is 4.55. The fourth-order valence-corrected chi connectivity index (χ4v) is 3.57. The number of aromatic nitrogens is 1. The van der Waals surface area contributed by atoms with Gasteiger partial charge < -0.3 is 18.1 Å². The van der Waals surface area contributed by atoms with Gasteiger partial charge in [-0.3, -0.25) is 9.59 Å². The van der Waals surface area contributed by atoms with Crippen LogP contribution in [-0.4, -0.2) is 22.9 Å². The van der Waals surface area contributed by atoms with E-state index in [1.165, 1.54) is 12.1 Å². The van der Waals surface area contributed by atoms with E-state index in [-0.39, 0.29) is 22.5 Å². The summed E-state index contributed by atoms with van der Waals surface area (Å²) in [5.41, 5.74) is 1.85. The van der Waals surface area contributed by atoms with Gasteiger partial charge in [-0.05, 0) is 50.2 Å². The van der Waals surface area contributed by atoms with Crippen molar-refractivity contribution in [1.82, 2.24) is 4.57 Å². The van der Waals surface area contributed by atoms with Crippen molar-refractivity contribution in [3.63, 3.8) is 0 Å². The van der Waals surface area contributed by atoms with E-state index in [9.17, 15) is 14.4 Å². The van der Waals surface area contributed by atoms with Crippen molar-refractivity contribution in [3.05, 3.63) is 92.4 Å². The van der Waals surface area contributed by atoms with E-state index < -0.39 is 18.0 Å². The van der Waals surface area contributed by atoms with Crippen LogP contribution < -0.4 is 5.43 Å². The second kappa shape index (κ2) is 8.28. The van der Waals surface area contributed by atoms with E-state index in [2.05, 4.69) is 0 Å². The molecule has 0 fully saturated rings. The second-order valence-corrected chi connectivity index (χ2v) is 7.50. The molecular weight excluding hydrogens is 422 g/mol. The van der Waals surface area contributed by atoms with Crippen molar-refractivity contribution < 1.29 is 23.2 Å². The molecule has 1 aromatic carbocycles. The molecule has 0 atom stereocenters. The number of Topliss-reactive ketones (excluding diaryl/α,β-unsaturated/α-hetero) is 1. The van der Waals surface area contributed by atoms with Gasteiger partial charge in [-0.15, -0.1) is 0 Å². The third kappa shape index (κ3) is 4.18. The van der Waals surface area contributed by atoms with Crippen LogP contribution in [0.2, 0.25) is 5.02 Å². The molecule has 0 aliphatic carbocycles. The molecule has 3 heterocycles. The van der Waals surface area contributed by atoms with Crippen molar-refractivity contribution in [3.8, 4) is 0 Å². The Kier molecular flexibility index (Phi) is 5.52. The van der Waals surface area contributed by atoms with Gasteiger partial charge in [0.25, 0.3) is 0 Å². The maximum atomic E-state index is 12.7. The van der Waals surface area contributed by atoms with Crippen LogP contribution in [0.1, 0.15) is 38.1 Å². The van der Waals surface area contributed by atoms with Crippen molar-refractivity contribution >= 4 is 34.3 Å². The molecule has 8 heteroatoms. The summed E-state index contributed by atoms with van der Waals surface area (Å²) in [7, 11) is 0. The summed E-state index contributed by atoms with van der Waals surface area (Å²) in [4.78, 5) is 37.3. The number of rotatable bonds is 6. The lowest BCUT2D eigenvalue weighted by atomic mass is 10.1. The molecule has 158 valence electrons. The predicted molar refractivity (Wildman–Crippen MR) is 114 cm³/mol. The highest BCUT2D eigenvalue weighted by Crippen LogP contribution is 2.20. The van der Waals surface area contributed by atoms with Gasteiger partial charge in [0.15, 0.2) is 12.0 Å². The molecular formula is C23H18ClNO6. The van der Waals surface area contributed by atoms with Crippen molar-refractivity contribution in [2.75, 3.05) is 6.61 Å². The van der Waals surface area contributed by atoms with Crippen LogP contribution in [-0.2, 0) is 11.3 Å². The van der Waals surface area contributed by atoms with Gasteiger partial charge in [0.1, 0.15) is 11.3 Å². The summed E-state index contributed by atoms with van der Waals surface area (Å²) >= 11 is 5.88. The minimum absolute atomic E-state index is 0.205. The van der Waals surface area contributed by atoms with Crippen molar-refractivity contribution in [1.29, 1.82) is 0 Å². The highest BCUT2D eigenvalue weighted by molar-refractivity contribution is 6.31. The molecule has 4 rings (SSSR count). The van der Waals surface area contributed by atoms with Crippen molar-refractivity contribution in [2.45, 2.75) is 20.4 Å². The van der Waals surface area contributed by atoms with E-state index in [1.807, 2.05) is 24.5 Å². The first-order valence-electron chi connectivity index (χ1n) is 9.46. The minimum atomic E-state index is -0.897. The first-order valence-corrected chi connectivity index (χ1v) is 9.84. The van der Waals surface area contributed by atoms with E-state index >= 15 is 0 Å². The van der Waals surface area contributed by atoms with Crippen LogP contribution in [0.15, 0.2) is 62.4 Å². The SMILES string of the molecule is Cc1cc(C(=O)COC(=O)c2cc(=O)c3cc(Cl)ccc3o2)c(C)n1Cc1ccco1. The van der Waals surface area contributed by atoms with Crippen LogP contribution in [0.4, 0.5) is 0 Å². The number of carbonyl (C=O) groups is 2. The molecule has 0 aliphatic heterocycles. The molecule has 0 aliphatic rings. The monoisotopic (exact) mass is 439 g/mol. The largest absolute Gasteiger partial charge is 0.467 e. The molecule has 0 radical (unpaired) electrons. The van der Waals surface area contributed by atoms with E-state index in [0.717, 1.165) is 23.2 Å². The fourth-order valence-electron chi connectivity index (χ4n) is 3.39. The number of nitrogens with zero attached hydrogens (tertiary/aromatic N) is 1. The average Bonchev–Trinajstić information content (AvgIpc) is 3.36. The second-order valence-electron chi connectivity index (χ2n) is 7.07. The minimum Gasteiger partial charge on any atom is -0.467 e. The first kappa shape index (κ1) is 20.7. The number of carbonyl (C=O) groups excluding carboxylic acids is 2. The normalized spacial score (nSPS) is 11.1. The Bertz CT molecular complexity index is 1350. The summed E-state index contributed by atoms with van der Waals surface area (Å²) in [5, 5.41) is 0.634. The Balaban J connectivity index is 1.49. The third-order valence-corrected chi connectivity index (χ3v) is 5.23. The smallest absolute Gasteiger partial charge is 0.374 e. The Hall–Kier alpha value is -3.58. The molecule has 3 aromatic heterocycles. The number of fused-ring (bicyclic) bond motifs is 1. The van der Waals surface area contributed by atoms with E-state index in [0.29, 0.717) is 17.1 Å². The maximum Gasteiger partial charge on any atom is 0.374 e. The number of hydrogen-bond acceptors (Lipinski definition) is 6. The highest BCUT2D eigenvalue weighted by Gasteiger charge is 2.20. The maximum absolute atomic E-state index is 12.7. The zero-order valence-electron chi connectivity index (χ0n) is 16.8. The number of benzene rings is 1. The van der Waals surface area contributed by atoms with Gasteiger partial charge >= 0.3 is 5.97 Å². The summed E-state index contributed by atoms with van der Waals surface area (Å²) in [6.07, 6.45) is 1.59. The van der Waals surface area contributed by atoms with Gasteiger partial charge in [-0.2, -0.15) is 0 Å². The van der Waals surface area contributed by atoms with Crippen LogP contribution in [0.3, 0.4) is 0 Å². The zero-order valence-corrected chi connectivity index (χ0v) is 17.6. The fraction of sp³-hybridized carbons (Fsp3) is 0.174. The number of aryl methyl sites for hydroxylation is 1. The number of ether oxygens (including phenoxy) is 1. The molecule has 4 aromatic rings. The zero-order chi connectivity index (χ0) is 22.1. The number of furan rings is 1. The molecule has 7 nitrogen and oxygen atoms in total. The lowest BCUT2D eigenvalue weighted by Crippen LogP contribution is -2.16. The third-order valence-electron chi connectivity index (χ3n) is 4.99. The number of ketones is 1. The first-order chi connectivity index (χ1) is 14.8. The number of esters is 1. The lowest BCUT2D eigenvalue weighted by Gasteiger charge is -2.08. The Morgan fingerprint density at radius 1 is 1.13 bits per heavy atom. The van der Waals surface area contributed by atoms with Crippen LogP contribution in [0.25, 0.3) is 11.0 Å². The Labute approximate surface area is 181 Å². The van der Waals surface area contributed by atoms with Gasteiger partial charge in [-0.25, -0.2) is 4.79 Å². The summed E-state index contributed by atoms with van der Waals surface area (Å²) in [6, 6.07) is 10.9. The van der Waals surface area contributed by atoms with Crippen LogP contribution in [0.5, 0.6) is 0 Å². The van der Waals surface area contributed by atoms with Gasteiger partial charge in [0.05, 0.1) is 18.2 Å². The van der Waals surface area contributed by atoms with E-state index in [4.69, 9.17) is 25.2 Å². The molecule has 31 heavy (non-hydrogen) atoms. The molecule has 0 spiro atoms. The average molecular weight is 440 g/mol. The highest BCUT2D eigenvalue weighted by atomic mass is 35.5. The number of halogens is 1. The van der Waals surface area contributed by atoms with Gasteiger partial charge in [0.2, 0.25) is 11.5 Å². The summed E-state index contributed by atoms with van der Waals surface area (Å²) < 4.78 is 17.9. The molecule has 0 bridgehead atoms.